The Kier molecular flexibility index (Phi) is 7.68. The molecule has 1 unspecified atom stereocenters. The first-order chi connectivity index (χ1) is 18.6. The van der Waals surface area contributed by atoms with Crippen molar-refractivity contribution in [2.75, 3.05) is 7.11 Å². The maximum atomic E-state index is 13.3. The van der Waals surface area contributed by atoms with Crippen LogP contribution in [0.1, 0.15) is 64.1 Å². The lowest BCUT2D eigenvalue weighted by Crippen LogP contribution is -2.52. The highest BCUT2D eigenvalue weighted by Crippen LogP contribution is 2.39. The first-order valence-corrected chi connectivity index (χ1v) is 13.6. The van der Waals surface area contributed by atoms with Crippen molar-refractivity contribution in [1.82, 2.24) is 29.6 Å². The zero-order valence-electron chi connectivity index (χ0n) is 24.1. The van der Waals surface area contributed by atoms with Gasteiger partial charge >= 0.3 is 18.2 Å². The molecule has 40 heavy (non-hydrogen) atoms. The lowest BCUT2D eigenvalue weighted by atomic mass is 10.1. The monoisotopic (exact) mass is 567 g/mol. The zero-order chi connectivity index (χ0) is 29.6. The van der Waals surface area contributed by atoms with Crippen molar-refractivity contribution in [2.45, 2.75) is 89.8 Å². The number of amides is 2. The second kappa shape index (κ2) is 10.6. The first kappa shape index (κ1) is 29.1. The van der Waals surface area contributed by atoms with Crippen molar-refractivity contribution >= 4 is 35.0 Å². The van der Waals surface area contributed by atoms with Gasteiger partial charge in [0.2, 0.25) is 0 Å². The number of aromatic nitrogens is 5. The van der Waals surface area contributed by atoms with E-state index < -0.39 is 28.6 Å². The van der Waals surface area contributed by atoms with Gasteiger partial charge in [0.15, 0.2) is 5.65 Å². The van der Waals surface area contributed by atoms with Crippen LogP contribution in [0.2, 0.25) is 0 Å². The van der Waals surface area contributed by atoms with Crippen molar-refractivity contribution < 1.29 is 23.8 Å². The molecule has 0 fully saturated rings. The van der Waals surface area contributed by atoms with Gasteiger partial charge in [-0.25, -0.2) is 19.2 Å². The molecule has 0 N–H and O–H groups in total. The Morgan fingerprint density at radius 1 is 1.18 bits per heavy atom. The van der Waals surface area contributed by atoms with Crippen LogP contribution < -0.4 is 9.47 Å². The number of thioether (sulfide) groups is 1. The zero-order valence-corrected chi connectivity index (χ0v) is 25.0. The van der Waals surface area contributed by atoms with Crippen LogP contribution in [0.25, 0.3) is 11.0 Å². The fourth-order valence-electron chi connectivity index (χ4n) is 4.33. The molecule has 0 saturated carbocycles. The number of ether oxygens (including phenoxy) is 3. The van der Waals surface area contributed by atoms with Crippen LogP contribution in [0.5, 0.6) is 11.8 Å². The summed E-state index contributed by atoms with van der Waals surface area (Å²) in [4.78, 5) is 40.6. The van der Waals surface area contributed by atoms with E-state index >= 15 is 0 Å². The molecule has 12 nitrogen and oxygen atoms in total. The maximum Gasteiger partial charge on any atom is 0.427 e. The smallest absolute Gasteiger partial charge is 0.427 e. The quantitative estimate of drug-likeness (QED) is 0.394. The van der Waals surface area contributed by atoms with E-state index in [2.05, 4.69) is 21.0 Å². The molecule has 0 bridgehead atoms. The average molecular weight is 568 g/mol. The minimum atomic E-state index is -0.988. The average Bonchev–Trinajstić information content (AvgIpc) is 3.16. The molecule has 4 heterocycles. The molecule has 3 aromatic heterocycles. The minimum absolute atomic E-state index is 0.261. The van der Waals surface area contributed by atoms with E-state index in [0.29, 0.717) is 28.2 Å². The summed E-state index contributed by atoms with van der Waals surface area (Å²) < 4.78 is 18.2. The number of carbonyl (C=O) groups is 2. The lowest BCUT2D eigenvalue weighted by molar-refractivity contribution is 0.0115. The number of nitriles is 1. The number of carbonyl (C=O) groups excluding carboxylic acids is 2. The molecule has 0 saturated heterocycles. The van der Waals surface area contributed by atoms with Crippen LogP contribution >= 0.6 is 11.8 Å². The van der Waals surface area contributed by atoms with Crippen LogP contribution in [0.4, 0.5) is 9.59 Å². The molecule has 212 valence electrons. The van der Waals surface area contributed by atoms with E-state index in [1.165, 1.54) is 11.8 Å². The van der Waals surface area contributed by atoms with Crippen LogP contribution in [0.15, 0.2) is 11.2 Å². The summed E-state index contributed by atoms with van der Waals surface area (Å²) in [6.45, 7) is 14.3. The summed E-state index contributed by atoms with van der Waals surface area (Å²) in [5, 5.41) is 15.1. The molecule has 1 aliphatic heterocycles. The van der Waals surface area contributed by atoms with E-state index in [9.17, 15) is 14.9 Å². The van der Waals surface area contributed by atoms with Crippen molar-refractivity contribution in [3.05, 3.63) is 28.7 Å². The van der Waals surface area contributed by atoms with Crippen LogP contribution in [-0.2, 0) is 17.7 Å². The molecular weight excluding hydrogens is 534 g/mol. The molecule has 0 aromatic carbocycles. The Bertz CT molecular complexity index is 1530. The largest absolute Gasteiger partial charge is 0.496 e. The summed E-state index contributed by atoms with van der Waals surface area (Å²) in [5.41, 5.74) is 1.82. The molecule has 2 amide bonds. The summed E-state index contributed by atoms with van der Waals surface area (Å²) in [7, 11) is 1.61. The summed E-state index contributed by atoms with van der Waals surface area (Å²) >= 11 is 1.25. The predicted molar refractivity (Wildman–Crippen MR) is 147 cm³/mol. The third kappa shape index (κ3) is 5.82. The summed E-state index contributed by atoms with van der Waals surface area (Å²) in [6, 6.07) is 1.99. The van der Waals surface area contributed by atoms with Crippen molar-refractivity contribution in [3.8, 4) is 17.8 Å². The SMILES string of the molecule is COc1c(C)cnc(Cn2nc3c4c(nc(OC(=O)N(C(=O)OC(C)(C)C)C(C)(C)C)nc42)SC(C#N)C3)c1C. The number of hydrogen-bond donors (Lipinski definition) is 0. The first-order valence-electron chi connectivity index (χ1n) is 12.7. The second-order valence-electron chi connectivity index (χ2n) is 11.5. The van der Waals surface area contributed by atoms with E-state index in [0.717, 1.165) is 27.5 Å². The molecular formula is C27H33N7O5S. The molecule has 4 rings (SSSR count). The Morgan fingerprint density at radius 2 is 1.88 bits per heavy atom. The van der Waals surface area contributed by atoms with Crippen molar-refractivity contribution in [3.63, 3.8) is 0 Å². The topological polar surface area (TPSA) is 145 Å². The molecule has 0 spiro atoms. The van der Waals surface area contributed by atoms with Gasteiger partial charge in [-0.15, -0.1) is 0 Å². The second-order valence-corrected chi connectivity index (χ2v) is 12.6. The fourth-order valence-corrected chi connectivity index (χ4v) is 5.35. The summed E-state index contributed by atoms with van der Waals surface area (Å²) in [6.07, 6.45) is 0.311. The molecule has 13 heteroatoms. The van der Waals surface area contributed by atoms with Gasteiger partial charge in [-0.05, 0) is 55.4 Å². The van der Waals surface area contributed by atoms with Gasteiger partial charge in [0, 0.05) is 29.3 Å². The molecule has 1 aliphatic rings. The molecule has 0 radical (unpaired) electrons. The summed E-state index contributed by atoms with van der Waals surface area (Å²) in [5.74, 6) is 0.737. The Balaban J connectivity index is 1.76. The predicted octanol–water partition coefficient (Wildman–Crippen LogP) is 4.97. The van der Waals surface area contributed by atoms with E-state index in [4.69, 9.17) is 19.3 Å². The Morgan fingerprint density at radius 3 is 2.48 bits per heavy atom. The van der Waals surface area contributed by atoms with Gasteiger partial charge in [0.05, 0.1) is 36.5 Å². The highest BCUT2D eigenvalue weighted by Gasteiger charge is 2.38. The third-order valence-corrected chi connectivity index (χ3v) is 7.12. The van der Waals surface area contributed by atoms with Crippen molar-refractivity contribution in [1.29, 1.82) is 5.26 Å². The van der Waals surface area contributed by atoms with E-state index in [1.807, 2.05) is 13.8 Å². The number of imide groups is 1. The highest BCUT2D eigenvalue weighted by atomic mass is 32.2. The highest BCUT2D eigenvalue weighted by molar-refractivity contribution is 8.00. The van der Waals surface area contributed by atoms with E-state index in [1.54, 1.807) is 59.5 Å². The molecule has 3 aromatic rings. The van der Waals surface area contributed by atoms with Gasteiger partial charge in [-0.2, -0.15) is 20.3 Å². The number of hydrogen-bond acceptors (Lipinski definition) is 11. The van der Waals surface area contributed by atoms with Gasteiger partial charge < -0.3 is 14.2 Å². The van der Waals surface area contributed by atoms with Gasteiger partial charge in [0.1, 0.15) is 21.6 Å². The van der Waals surface area contributed by atoms with Gasteiger partial charge in [-0.3, -0.25) is 4.98 Å². The lowest BCUT2D eigenvalue weighted by Gasteiger charge is -2.33. The third-order valence-electron chi connectivity index (χ3n) is 6.04. The maximum absolute atomic E-state index is 13.3. The Hall–Kier alpha value is -3.92. The van der Waals surface area contributed by atoms with Gasteiger partial charge in [0.25, 0.3) is 0 Å². The minimum Gasteiger partial charge on any atom is -0.496 e. The van der Waals surface area contributed by atoms with Crippen LogP contribution in [0, 0.1) is 25.2 Å². The van der Waals surface area contributed by atoms with Crippen LogP contribution in [-0.4, -0.2) is 65.3 Å². The number of methoxy groups -OCH3 is 1. The Labute approximate surface area is 237 Å². The number of rotatable bonds is 4. The standard InChI is InChI=1S/C27H33N7O5S/c1-14-12-29-18(15(2)20(14)37-9)13-33-21-19-17(32-33)10-16(11-28)40-22(19)31-23(30-21)38-24(35)34(26(3,4)5)25(36)39-27(6,7)8/h12,16H,10,13H2,1-9H3. The number of nitrogens with zero attached hydrogens (tertiary/aromatic N) is 7. The van der Waals surface area contributed by atoms with Crippen LogP contribution in [0.3, 0.4) is 0 Å². The van der Waals surface area contributed by atoms with Crippen molar-refractivity contribution in [2.24, 2.45) is 0 Å². The molecule has 0 aliphatic carbocycles. The van der Waals surface area contributed by atoms with E-state index in [-0.39, 0.29) is 12.6 Å². The molecule has 1 atom stereocenters. The van der Waals surface area contributed by atoms with Gasteiger partial charge in [-0.1, -0.05) is 11.8 Å². The normalized spacial score (nSPS) is 14.9. The number of aryl methyl sites for hydroxylation is 1. The number of pyridine rings is 1. The fraction of sp³-hybridized carbons (Fsp3) is 0.519.